The summed E-state index contributed by atoms with van der Waals surface area (Å²) in [5.74, 6) is -0.612. The largest absolute Gasteiger partial charge is 0.481 e. The zero-order valence-electron chi connectivity index (χ0n) is 18.8. The molecule has 4 rings (SSSR count). The van der Waals surface area contributed by atoms with Gasteiger partial charge in [-0.1, -0.05) is 24.3 Å². The van der Waals surface area contributed by atoms with Gasteiger partial charge in [0.25, 0.3) is 11.5 Å². The number of carbonyl (C=O) groups is 2. The zero-order valence-corrected chi connectivity index (χ0v) is 18.8. The summed E-state index contributed by atoms with van der Waals surface area (Å²) in [5, 5.41) is 10.4. The first-order valence-electron chi connectivity index (χ1n) is 11.2. The molecule has 7 heteroatoms. The summed E-state index contributed by atoms with van der Waals surface area (Å²) >= 11 is 0. The van der Waals surface area contributed by atoms with E-state index < -0.39 is 12.1 Å². The van der Waals surface area contributed by atoms with E-state index in [2.05, 4.69) is 4.98 Å². The van der Waals surface area contributed by atoms with Gasteiger partial charge in [0.05, 0.1) is 5.39 Å². The van der Waals surface area contributed by atoms with Crippen LogP contribution >= 0.6 is 0 Å². The number of aliphatic carboxylic acids is 1. The number of benzene rings is 2. The van der Waals surface area contributed by atoms with Crippen LogP contribution in [0.1, 0.15) is 31.7 Å². The number of amides is 1. The molecule has 1 aliphatic heterocycles. The number of H-pyrrole nitrogens is 1. The molecule has 33 heavy (non-hydrogen) atoms. The van der Waals surface area contributed by atoms with E-state index >= 15 is 0 Å². The number of nitrogens with zero attached hydrogens (tertiary/aromatic N) is 1. The van der Waals surface area contributed by atoms with Gasteiger partial charge in [0.2, 0.25) is 0 Å². The highest BCUT2D eigenvalue weighted by atomic mass is 16.5. The number of carbonyl (C=O) groups excluding carboxylic acids is 1. The van der Waals surface area contributed by atoms with E-state index in [0.29, 0.717) is 24.2 Å². The Morgan fingerprint density at radius 3 is 2.73 bits per heavy atom. The van der Waals surface area contributed by atoms with Crippen LogP contribution in [0.2, 0.25) is 0 Å². The highest BCUT2D eigenvalue weighted by Crippen LogP contribution is 2.31. The van der Waals surface area contributed by atoms with Crippen molar-refractivity contribution in [2.45, 2.75) is 39.2 Å². The van der Waals surface area contributed by atoms with Crippen molar-refractivity contribution < 1.29 is 19.4 Å². The van der Waals surface area contributed by atoms with Crippen molar-refractivity contribution in [2.75, 3.05) is 13.1 Å². The minimum atomic E-state index is -0.843. The number of carboxylic acid groups (broad SMARTS) is 1. The summed E-state index contributed by atoms with van der Waals surface area (Å²) in [5.41, 5.74) is 2.85. The Labute approximate surface area is 192 Å². The third kappa shape index (κ3) is 4.92. The predicted octanol–water partition coefficient (Wildman–Crippen LogP) is 3.98. The molecule has 0 saturated carbocycles. The van der Waals surface area contributed by atoms with Gasteiger partial charge in [-0.3, -0.25) is 14.4 Å². The maximum Gasteiger partial charge on any atom is 0.303 e. The lowest BCUT2D eigenvalue weighted by molar-refractivity contribution is -0.143. The molecule has 2 N–H and O–H groups in total. The van der Waals surface area contributed by atoms with Crippen LogP contribution in [0.25, 0.3) is 21.9 Å². The van der Waals surface area contributed by atoms with E-state index in [1.807, 2.05) is 37.3 Å². The molecule has 1 saturated heterocycles. The van der Waals surface area contributed by atoms with Crippen LogP contribution in [0, 0.1) is 12.8 Å². The fraction of sp³-hybridized carbons (Fsp3) is 0.346. The lowest BCUT2D eigenvalue weighted by Gasteiger charge is -2.33. The SMILES string of the molecule is Cc1ccccc1-c1c[nH]c(=O)c2cc(O[C@H](C)C(=O)N3CCCC(CC(=O)O)C3)ccc12. The fourth-order valence-electron chi connectivity index (χ4n) is 4.60. The number of carboxylic acids is 1. The molecule has 3 aromatic rings. The number of aromatic amines is 1. The number of hydrogen-bond donors (Lipinski definition) is 2. The zero-order chi connectivity index (χ0) is 23.5. The van der Waals surface area contributed by atoms with Crippen molar-refractivity contribution in [3.05, 3.63) is 64.6 Å². The summed E-state index contributed by atoms with van der Waals surface area (Å²) in [6, 6.07) is 13.3. The number of likely N-dealkylation sites (tertiary alicyclic amines) is 1. The molecular formula is C26H28N2O5. The lowest BCUT2D eigenvalue weighted by Crippen LogP contribution is -2.46. The second-order valence-electron chi connectivity index (χ2n) is 8.70. The Morgan fingerprint density at radius 1 is 1.18 bits per heavy atom. The molecule has 0 aliphatic carbocycles. The molecule has 0 bridgehead atoms. The molecule has 172 valence electrons. The fourth-order valence-corrected chi connectivity index (χ4v) is 4.60. The van der Waals surface area contributed by atoms with E-state index in [1.165, 1.54) is 0 Å². The first-order valence-corrected chi connectivity index (χ1v) is 11.2. The monoisotopic (exact) mass is 448 g/mol. The Morgan fingerprint density at radius 2 is 1.97 bits per heavy atom. The maximum atomic E-state index is 12.9. The summed E-state index contributed by atoms with van der Waals surface area (Å²) in [6.07, 6.45) is 2.63. The second-order valence-corrected chi connectivity index (χ2v) is 8.70. The smallest absolute Gasteiger partial charge is 0.303 e. The van der Waals surface area contributed by atoms with E-state index in [-0.39, 0.29) is 23.8 Å². The van der Waals surface area contributed by atoms with Crippen LogP contribution in [-0.4, -0.2) is 46.1 Å². The standard InChI is InChI=1S/C26H28N2O5/c1-16-6-3-4-8-20(16)23-14-27-25(31)22-13-19(9-10-21(22)23)33-17(2)26(32)28-11-5-7-18(15-28)12-24(29)30/h3-4,6,8-10,13-14,17-18H,5,7,11-12,15H2,1-2H3,(H,27,31)(H,29,30)/t17-,18?/m1/s1. The van der Waals surface area contributed by atoms with Crippen molar-refractivity contribution in [2.24, 2.45) is 5.92 Å². The van der Waals surface area contributed by atoms with Gasteiger partial charge in [0.15, 0.2) is 6.10 Å². The van der Waals surface area contributed by atoms with Gasteiger partial charge < -0.3 is 19.7 Å². The van der Waals surface area contributed by atoms with Crippen molar-refractivity contribution in [1.82, 2.24) is 9.88 Å². The normalized spacial score (nSPS) is 17.0. The minimum Gasteiger partial charge on any atom is -0.481 e. The van der Waals surface area contributed by atoms with Crippen molar-refractivity contribution >= 4 is 22.6 Å². The van der Waals surface area contributed by atoms with Crippen LogP contribution < -0.4 is 10.3 Å². The molecule has 1 aliphatic rings. The molecule has 2 atom stereocenters. The van der Waals surface area contributed by atoms with Gasteiger partial charge in [0.1, 0.15) is 5.75 Å². The number of pyridine rings is 1. The first-order chi connectivity index (χ1) is 15.8. The molecule has 2 heterocycles. The molecule has 1 aromatic heterocycles. The molecule has 0 radical (unpaired) electrons. The van der Waals surface area contributed by atoms with Gasteiger partial charge in [-0.15, -0.1) is 0 Å². The van der Waals surface area contributed by atoms with E-state index in [4.69, 9.17) is 9.84 Å². The maximum absolute atomic E-state index is 12.9. The van der Waals surface area contributed by atoms with Crippen LogP contribution in [0.3, 0.4) is 0 Å². The topological polar surface area (TPSA) is 99.7 Å². The number of hydrogen-bond acceptors (Lipinski definition) is 4. The number of rotatable bonds is 6. The highest BCUT2D eigenvalue weighted by molar-refractivity contribution is 5.97. The van der Waals surface area contributed by atoms with Gasteiger partial charge in [-0.05, 0) is 67.3 Å². The van der Waals surface area contributed by atoms with Crippen LogP contribution in [0.15, 0.2) is 53.5 Å². The van der Waals surface area contributed by atoms with Crippen molar-refractivity contribution in [1.29, 1.82) is 0 Å². The number of aromatic nitrogens is 1. The third-order valence-electron chi connectivity index (χ3n) is 6.26. The third-order valence-corrected chi connectivity index (χ3v) is 6.26. The Kier molecular flexibility index (Phi) is 6.49. The molecule has 2 aromatic carbocycles. The average molecular weight is 449 g/mol. The van der Waals surface area contributed by atoms with Gasteiger partial charge in [0, 0.05) is 31.3 Å². The Bertz CT molecular complexity index is 1250. The molecule has 1 unspecified atom stereocenters. The molecular weight excluding hydrogens is 420 g/mol. The van der Waals surface area contributed by atoms with E-state index in [9.17, 15) is 14.4 Å². The molecule has 1 fully saturated rings. The van der Waals surface area contributed by atoms with Crippen molar-refractivity contribution in [3.63, 3.8) is 0 Å². The van der Waals surface area contributed by atoms with Gasteiger partial charge in [-0.25, -0.2) is 0 Å². The molecule has 1 amide bonds. The van der Waals surface area contributed by atoms with Crippen LogP contribution in [0.5, 0.6) is 5.75 Å². The van der Waals surface area contributed by atoms with Crippen LogP contribution in [-0.2, 0) is 9.59 Å². The number of ether oxygens (including phenoxy) is 1. The van der Waals surface area contributed by atoms with Gasteiger partial charge in [-0.2, -0.15) is 0 Å². The Balaban J connectivity index is 1.55. The highest BCUT2D eigenvalue weighted by Gasteiger charge is 2.29. The number of piperidine rings is 1. The number of nitrogens with one attached hydrogen (secondary N) is 1. The van der Waals surface area contributed by atoms with Crippen LogP contribution in [0.4, 0.5) is 0 Å². The lowest BCUT2D eigenvalue weighted by atomic mass is 9.94. The second kappa shape index (κ2) is 9.48. The molecule has 7 nitrogen and oxygen atoms in total. The van der Waals surface area contributed by atoms with E-state index in [0.717, 1.165) is 34.9 Å². The van der Waals surface area contributed by atoms with E-state index in [1.54, 1.807) is 30.2 Å². The summed E-state index contributed by atoms with van der Waals surface area (Å²) in [7, 11) is 0. The van der Waals surface area contributed by atoms with Crippen molar-refractivity contribution in [3.8, 4) is 16.9 Å². The predicted molar refractivity (Wildman–Crippen MR) is 126 cm³/mol. The summed E-state index contributed by atoms with van der Waals surface area (Å²) in [6.45, 7) is 4.73. The van der Waals surface area contributed by atoms with Gasteiger partial charge >= 0.3 is 5.97 Å². The average Bonchev–Trinajstić information content (AvgIpc) is 2.79. The number of fused-ring (bicyclic) bond motifs is 1. The minimum absolute atomic E-state index is 0.0357. The quantitative estimate of drug-likeness (QED) is 0.594. The number of aryl methyl sites for hydroxylation is 1. The summed E-state index contributed by atoms with van der Waals surface area (Å²) in [4.78, 5) is 41.0. The molecule has 0 spiro atoms. The summed E-state index contributed by atoms with van der Waals surface area (Å²) < 4.78 is 5.92. The first kappa shape index (κ1) is 22.6. The Hall–Kier alpha value is -3.61.